The molecule has 1 aliphatic heterocycles. The SMILES string of the molecule is CC1(C)Oc2cc(C(=O)O)cnc2NC1=O. The molecule has 0 atom stereocenters. The molecular weight excluding hydrogens is 212 g/mol. The van der Waals surface area contributed by atoms with Gasteiger partial charge in [-0.2, -0.15) is 0 Å². The lowest BCUT2D eigenvalue weighted by Gasteiger charge is -2.30. The van der Waals surface area contributed by atoms with E-state index in [-0.39, 0.29) is 23.0 Å². The molecular formula is C10H10N2O4. The Hall–Kier alpha value is -2.11. The van der Waals surface area contributed by atoms with Crippen LogP contribution in [0, 0.1) is 0 Å². The van der Waals surface area contributed by atoms with Crippen LogP contribution in [0.3, 0.4) is 0 Å². The first-order valence-electron chi connectivity index (χ1n) is 4.64. The second-order valence-electron chi connectivity index (χ2n) is 3.94. The molecule has 0 aliphatic carbocycles. The summed E-state index contributed by atoms with van der Waals surface area (Å²) in [7, 11) is 0. The molecule has 2 rings (SSSR count). The van der Waals surface area contributed by atoms with Crippen molar-refractivity contribution in [1.29, 1.82) is 0 Å². The van der Waals surface area contributed by atoms with E-state index in [1.165, 1.54) is 12.3 Å². The van der Waals surface area contributed by atoms with Gasteiger partial charge in [-0.3, -0.25) is 4.79 Å². The number of pyridine rings is 1. The number of carboxylic acid groups (broad SMARTS) is 1. The fraction of sp³-hybridized carbons (Fsp3) is 0.300. The Bertz CT molecular complexity index is 482. The van der Waals surface area contributed by atoms with Gasteiger partial charge in [0, 0.05) is 12.3 Å². The van der Waals surface area contributed by atoms with Crippen molar-refractivity contribution in [3.05, 3.63) is 17.8 Å². The number of rotatable bonds is 1. The standard InChI is InChI=1S/C10H10N2O4/c1-10(2)9(15)12-7-6(16-10)3-5(4-11-7)8(13)14/h3-4H,1-2H3,(H,13,14)(H,11,12,15). The summed E-state index contributed by atoms with van der Waals surface area (Å²) in [6.07, 6.45) is 1.17. The van der Waals surface area contributed by atoms with Crippen molar-refractivity contribution in [3.8, 4) is 5.75 Å². The quantitative estimate of drug-likeness (QED) is 0.736. The van der Waals surface area contributed by atoms with E-state index in [0.717, 1.165) is 0 Å². The van der Waals surface area contributed by atoms with Gasteiger partial charge in [0.15, 0.2) is 17.2 Å². The maximum Gasteiger partial charge on any atom is 0.337 e. The van der Waals surface area contributed by atoms with Crippen molar-refractivity contribution < 1.29 is 19.4 Å². The smallest absolute Gasteiger partial charge is 0.337 e. The van der Waals surface area contributed by atoms with Crippen LogP contribution in [-0.2, 0) is 4.79 Å². The Balaban J connectivity index is 2.45. The minimum atomic E-state index is -1.09. The molecule has 0 bridgehead atoms. The Kier molecular flexibility index (Phi) is 2.08. The van der Waals surface area contributed by atoms with Crippen LogP contribution in [-0.4, -0.2) is 27.6 Å². The molecule has 2 heterocycles. The van der Waals surface area contributed by atoms with Gasteiger partial charge in [0.1, 0.15) is 0 Å². The molecule has 6 nitrogen and oxygen atoms in total. The number of aromatic nitrogens is 1. The molecule has 1 aromatic rings. The third kappa shape index (κ3) is 1.58. The van der Waals surface area contributed by atoms with Crippen LogP contribution < -0.4 is 10.1 Å². The van der Waals surface area contributed by atoms with E-state index in [0.29, 0.717) is 0 Å². The number of aromatic carboxylic acids is 1. The number of anilines is 1. The maximum atomic E-state index is 11.5. The monoisotopic (exact) mass is 222 g/mol. The first kappa shape index (κ1) is 10.4. The minimum Gasteiger partial charge on any atom is -0.478 e. The van der Waals surface area contributed by atoms with Crippen molar-refractivity contribution in [2.45, 2.75) is 19.4 Å². The highest BCUT2D eigenvalue weighted by atomic mass is 16.5. The number of nitrogens with one attached hydrogen (secondary N) is 1. The number of ether oxygens (including phenoxy) is 1. The molecule has 0 saturated carbocycles. The van der Waals surface area contributed by atoms with E-state index < -0.39 is 11.6 Å². The van der Waals surface area contributed by atoms with Gasteiger partial charge in [0.25, 0.3) is 5.91 Å². The summed E-state index contributed by atoms with van der Waals surface area (Å²) in [5, 5.41) is 11.3. The highest BCUT2D eigenvalue weighted by molar-refractivity contribution is 5.99. The molecule has 1 aromatic heterocycles. The zero-order valence-electron chi connectivity index (χ0n) is 8.77. The number of amides is 1. The van der Waals surface area contributed by atoms with Gasteiger partial charge in [-0.15, -0.1) is 0 Å². The molecule has 0 radical (unpaired) electrons. The molecule has 0 saturated heterocycles. The predicted molar refractivity (Wildman–Crippen MR) is 54.5 cm³/mol. The highest BCUT2D eigenvalue weighted by Crippen LogP contribution is 2.32. The van der Waals surface area contributed by atoms with Crippen molar-refractivity contribution in [2.24, 2.45) is 0 Å². The molecule has 0 fully saturated rings. The van der Waals surface area contributed by atoms with E-state index in [2.05, 4.69) is 10.3 Å². The average Bonchev–Trinajstić information content (AvgIpc) is 2.18. The van der Waals surface area contributed by atoms with Crippen molar-refractivity contribution in [3.63, 3.8) is 0 Å². The molecule has 0 aromatic carbocycles. The Morgan fingerprint density at radius 2 is 2.25 bits per heavy atom. The first-order valence-corrected chi connectivity index (χ1v) is 4.64. The first-order chi connectivity index (χ1) is 7.40. The largest absolute Gasteiger partial charge is 0.478 e. The summed E-state index contributed by atoms with van der Waals surface area (Å²) in [6, 6.07) is 1.34. The molecule has 2 N–H and O–H groups in total. The van der Waals surface area contributed by atoms with E-state index in [4.69, 9.17) is 9.84 Å². The minimum absolute atomic E-state index is 0.0192. The van der Waals surface area contributed by atoms with Crippen LogP contribution in [0.2, 0.25) is 0 Å². The topological polar surface area (TPSA) is 88.5 Å². The van der Waals surface area contributed by atoms with Crippen LogP contribution in [0.1, 0.15) is 24.2 Å². The molecule has 0 unspecified atom stereocenters. The fourth-order valence-corrected chi connectivity index (χ4v) is 1.31. The van der Waals surface area contributed by atoms with Crippen molar-refractivity contribution in [1.82, 2.24) is 4.98 Å². The lowest BCUT2D eigenvalue weighted by atomic mass is 10.1. The summed E-state index contributed by atoms with van der Waals surface area (Å²) >= 11 is 0. The zero-order valence-corrected chi connectivity index (χ0v) is 8.77. The molecule has 16 heavy (non-hydrogen) atoms. The molecule has 84 valence electrons. The van der Waals surface area contributed by atoms with Gasteiger partial charge in [-0.05, 0) is 13.8 Å². The molecule has 0 spiro atoms. The Labute approximate surface area is 91.3 Å². The number of fused-ring (bicyclic) bond motifs is 1. The number of carbonyl (C=O) groups excluding carboxylic acids is 1. The van der Waals surface area contributed by atoms with Crippen LogP contribution in [0.5, 0.6) is 5.75 Å². The zero-order chi connectivity index (χ0) is 11.9. The summed E-state index contributed by atoms with van der Waals surface area (Å²) in [4.78, 5) is 26.1. The number of carbonyl (C=O) groups is 2. The van der Waals surface area contributed by atoms with E-state index in [1.54, 1.807) is 13.8 Å². The van der Waals surface area contributed by atoms with Crippen molar-refractivity contribution in [2.75, 3.05) is 5.32 Å². The Morgan fingerprint density at radius 3 is 2.88 bits per heavy atom. The van der Waals surface area contributed by atoms with Gasteiger partial charge >= 0.3 is 5.97 Å². The van der Waals surface area contributed by atoms with E-state index in [1.807, 2.05) is 0 Å². The molecule has 6 heteroatoms. The summed E-state index contributed by atoms with van der Waals surface area (Å²) in [6.45, 7) is 3.19. The molecule has 1 aliphatic rings. The van der Waals surface area contributed by atoms with Crippen LogP contribution >= 0.6 is 0 Å². The lowest BCUT2D eigenvalue weighted by molar-refractivity contribution is -0.129. The third-order valence-corrected chi connectivity index (χ3v) is 2.24. The lowest BCUT2D eigenvalue weighted by Crippen LogP contribution is -2.46. The number of hydrogen-bond acceptors (Lipinski definition) is 4. The van der Waals surface area contributed by atoms with Crippen LogP contribution in [0.4, 0.5) is 5.82 Å². The number of carboxylic acids is 1. The van der Waals surface area contributed by atoms with Gasteiger partial charge in [-0.1, -0.05) is 0 Å². The third-order valence-electron chi connectivity index (χ3n) is 2.24. The van der Waals surface area contributed by atoms with Gasteiger partial charge < -0.3 is 15.2 Å². The summed E-state index contributed by atoms with van der Waals surface area (Å²) < 4.78 is 5.38. The highest BCUT2D eigenvalue weighted by Gasteiger charge is 2.36. The number of nitrogens with zero attached hydrogens (tertiary/aromatic N) is 1. The summed E-state index contributed by atoms with van der Waals surface area (Å²) in [5.41, 5.74) is -1.00. The summed E-state index contributed by atoms with van der Waals surface area (Å²) in [5.74, 6) is -0.886. The number of hydrogen-bond donors (Lipinski definition) is 2. The molecule has 1 amide bonds. The van der Waals surface area contributed by atoms with Gasteiger partial charge in [0.2, 0.25) is 0 Å². The van der Waals surface area contributed by atoms with Crippen molar-refractivity contribution >= 4 is 17.7 Å². The normalized spacial score (nSPS) is 17.0. The van der Waals surface area contributed by atoms with Gasteiger partial charge in [0.05, 0.1) is 5.56 Å². The average molecular weight is 222 g/mol. The second kappa shape index (κ2) is 3.19. The van der Waals surface area contributed by atoms with E-state index in [9.17, 15) is 9.59 Å². The fourth-order valence-electron chi connectivity index (χ4n) is 1.31. The maximum absolute atomic E-state index is 11.5. The van der Waals surface area contributed by atoms with E-state index >= 15 is 0 Å². The predicted octanol–water partition coefficient (Wildman–Crippen LogP) is 0.889. The Morgan fingerprint density at radius 1 is 1.56 bits per heavy atom. The van der Waals surface area contributed by atoms with Crippen LogP contribution in [0.25, 0.3) is 0 Å². The van der Waals surface area contributed by atoms with Gasteiger partial charge in [-0.25, -0.2) is 9.78 Å². The van der Waals surface area contributed by atoms with Crippen LogP contribution in [0.15, 0.2) is 12.3 Å². The second-order valence-corrected chi connectivity index (χ2v) is 3.94.